The summed E-state index contributed by atoms with van der Waals surface area (Å²) in [5.74, 6) is 0. The zero-order valence-electron chi connectivity index (χ0n) is 13.2. The normalized spacial score (nSPS) is 10.6. The number of rotatable bonds is 4. The van der Waals surface area contributed by atoms with Crippen molar-refractivity contribution in [3.63, 3.8) is 0 Å². The zero-order chi connectivity index (χ0) is 18.0. The summed E-state index contributed by atoms with van der Waals surface area (Å²) in [5, 5.41) is 16.7. The van der Waals surface area contributed by atoms with E-state index in [2.05, 4.69) is 5.32 Å². The molecule has 3 aromatic rings. The van der Waals surface area contributed by atoms with E-state index in [4.69, 9.17) is 11.6 Å². The van der Waals surface area contributed by atoms with Crippen LogP contribution >= 0.6 is 22.9 Å². The number of nitrogens with zero attached hydrogens (tertiary/aromatic N) is 2. The van der Waals surface area contributed by atoms with Crippen molar-refractivity contribution in [1.29, 1.82) is 0 Å². The highest BCUT2D eigenvalue weighted by Gasteiger charge is 2.15. The molecule has 0 saturated heterocycles. The summed E-state index contributed by atoms with van der Waals surface area (Å²) in [4.78, 5) is 24.1. The number of anilines is 1. The molecule has 1 heterocycles. The van der Waals surface area contributed by atoms with Crippen LogP contribution in [0.1, 0.15) is 5.56 Å². The van der Waals surface area contributed by atoms with Crippen molar-refractivity contribution >= 4 is 50.4 Å². The fourth-order valence-corrected chi connectivity index (χ4v) is 3.59. The van der Waals surface area contributed by atoms with E-state index in [1.165, 1.54) is 27.8 Å². The Hall–Kier alpha value is -2.64. The lowest BCUT2D eigenvalue weighted by molar-refractivity contribution is -0.384. The number of thiophene rings is 1. The minimum absolute atomic E-state index is 0.122. The zero-order valence-corrected chi connectivity index (χ0v) is 14.8. The molecule has 25 heavy (non-hydrogen) atoms. The van der Waals surface area contributed by atoms with Crippen LogP contribution in [0.3, 0.4) is 0 Å². The van der Waals surface area contributed by atoms with Crippen LogP contribution in [-0.2, 0) is 6.54 Å². The molecule has 2 amide bonds. The summed E-state index contributed by atoms with van der Waals surface area (Å²) in [6.07, 6.45) is 0. The Morgan fingerprint density at radius 3 is 2.80 bits per heavy atom. The van der Waals surface area contributed by atoms with Crippen LogP contribution in [0.5, 0.6) is 0 Å². The van der Waals surface area contributed by atoms with E-state index in [0.717, 1.165) is 10.9 Å². The summed E-state index contributed by atoms with van der Waals surface area (Å²) in [7, 11) is 1.68. The monoisotopic (exact) mass is 375 g/mol. The summed E-state index contributed by atoms with van der Waals surface area (Å²) < 4.78 is 1.17. The number of non-ortho nitro benzene ring substituents is 1. The van der Waals surface area contributed by atoms with E-state index in [-0.39, 0.29) is 16.7 Å². The van der Waals surface area contributed by atoms with Crippen molar-refractivity contribution in [2.75, 3.05) is 12.4 Å². The Balaban J connectivity index is 1.72. The average molecular weight is 376 g/mol. The first-order valence-electron chi connectivity index (χ1n) is 7.37. The highest BCUT2D eigenvalue weighted by molar-refractivity contribution is 7.17. The minimum Gasteiger partial charge on any atom is -0.323 e. The SMILES string of the molecule is CN(Cc1csc2ccccc12)C(=O)Nc1ccc([N+](=O)[O-])cc1Cl. The van der Waals surface area contributed by atoms with Gasteiger partial charge in [0.15, 0.2) is 0 Å². The number of nitro benzene ring substituents is 1. The first-order valence-corrected chi connectivity index (χ1v) is 8.62. The van der Waals surface area contributed by atoms with Crippen molar-refractivity contribution in [2.24, 2.45) is 0 Å². The van der Waals surface area contributed by atoms with Crippen molar-refractivity contribution < 1.29 is 9.72 Å². The number of nitro groups is 1. The van der Waals surface area contributed by atoms with Gasteiger partial charge < -0.3 is 10.2 Å². The van der Waals surface area contributed by atoms with Gasteiger partial charge in [0.05, 0.1) is 15.6 Å². The number of halogens is 1. The second kappa shape index (κ2) is 7.08. The van der Waals surface area contributed by atoms with Crippen molar-refractivity contribution in [1.82, 2.24) is 4.90 Å². The Kier molecular flexibility index (Phi) is 4.87. The van der Waals surface area contributed by atoms with Gasteiger partial charge in [-0.3, -0.25) is 10.1 Å². The van der Waals surface area contributed by atoms with Crippen LogP contribution in [0, 0.1) is 10.1 Å². The van der Waals surface area contributed by atoms with Gasteiger partial charge in [0, 0.05) is 30.4 Å². The van der Waals surface area contributed by atoms with E-state index < -0.39 is 4.92 Å². The lowest BCUT2D eigenvalue weighted by Gasteiger charge is -2.18. The predicted octanol–water partition coefficient (Wildman–Crippen LogP) is 5.13. The number of nitrogens with one attached hydrogen (secondary N) is 1. The summed E-state index contributed by atoms with van der Waals surface area (Å²) in [6, 6.07) is 11.6. The number of carbonyl (C=O) groups is 1. The standard InChI is InChI=1S/C17H14ClN3O3S/c1-20(9-11-10-25-16-5-3-2-4-13(11)16)17(22)19-15-7-6-12(21(23)24)8-14(15)18/h2-8,10H,9H2,1H3,(H,19,22). The van der Waals surface area contributed by atoms with Gasteiger partial charge >= 0.3 is 6.03 Å². The van der Waals surface area contributed by atoms with Crippen molar-refractivity contribution in [3.8, 4) is 0 Å². The minimum atomic E-state index is -0.536. The second-order valence-corrected chi connectivity index (χ2v) is 6.78. The van der Waals surface area contributed by atoms with Crippen LogP contribution < -0.4 is 5.32 Å². The van der Waals surface area contributed by atoms with Gasteiger partial charge in [-0.2, -0.15) is 0 Å². The third kappa shape index (κ3) is 3.72. The molecule has 3 rings (SSSR count). The highest BCUT2D eigenvalue weighted by atomic mass is 35.5. The maximum atomic E-state index is 12.4. The smallest absolute Gasteiger partial charge is 0.321 e. The van der Waals surface area contributed by atoms with Gasteiger partial charge in [0.2, 0.25) is 0 Å². The van der Waals surface area contributed by atoms with Crippen molar-refractivity contribution in [2.45, 2.75) is 6.54 Å². The third-order valence-electron chi connectivity index (χ3n) is 3.72. The molecule has 1 aromatic heterocycles. The molecule has 0 fully saturated rings. The molecule has 0 spiro atoms. The lowest BCUT2D eigenvalue weighted by Crippen LogP contribution is -2.30. The summed E-state index contributed by atoms with van der Waals surface area (Å²) in [5.41, 5.74) is 1.27. The van der Waals surface area contributed by atoms with Crippen LogP contribution in [0.4, 0.5) is 16.2 Å². The third-order valence-corrected chi connectivity index (χ3v) is 5.05. The van der Waals surface area contributed by atoms with E-state index in [9.17, 15) is 14.9 Å². The summed E-state index contributed by atoms with van der Waals surface area (Å²) >= 11 is 7.64. The fraction of sp³-hybridized carbons (Fsp3) is 0.118. The lowest BCUT2D eigenvalue weighted by atomic mass is 10.2. The van der Waals surface area contributed by atoms with E-state index in [0.29, 0.717) is 12.2 Å². The fourth-order valence-electron chi connectivity index (χ4n) is 2.41. The van der Waals surface area contributed by atoms with Gasteiger partial charge in [0.25, 0.3) is 5.69 Å². The quantitative estimate of drug-likeness (QED) is 0.507. The molecule has 0 aliphatic carbocycles. The summed E-state index contributed by atoms with van der Waals surface area (Å²) in [6.45, 7) is 0.445. The van der Waals surface area contributed by atoms with E-state index in [1.54, 1.807) is 18.4 Å². The first-order chi connectivity index (χ1) is 12.0. The van der Waals surface area contributed by atoms with Gasteiger partial charge in [-0.25, -0.2) is 4.79 Å². The molecule has 128 valence electrons. The molecule has 8 heteroatoms. The maximum absolute atomic E-state index is 12.4. The van der Waals surface area contributed by atoms with Crippen LogP contribution in [0.2, 0.25) is 5.02 Å². The van der Waals surface area contributed by atoms with Gasteiger partial charge in [-0.1, -0.05) is 29.8 Å². The van der Waals surface area contributed by atoms with Gasteiger partial charge in [-0.05, 0) is 28.5 Å². The Labute approximate surface area is 152 Å². The molecule has 0 saturated carbocycles. The van der Waals surface area contributed by atoms with Crippen LogP contribution in [-0.4, -0.2) is 22.9 Å². The molecule has 0 atom stereocenters. The van der Waals surface area contributed by atoms with E-state index >= 15 is 0 Å². The Morgan fingerprint density at radius 2 is 2.08 bits per heavy atom. The first kappa shape index (κ1) is 17.2. The van der Waals surface area contributed by atoms with Gasteiger partial charge in [-0.15, -0.1) is 11.3 Å². The molecule has 0 bridgehead atoms. The van der Waals surface area contributed by atoms with E-state index in [1.807, 2.05) is 29.6 Å². The Bertz CT molecular complexity index is 957. The molecule has 0 radical (unpaired) electrons. The second-order valence-electron chi connectivity index (χ2n) is 5.46. The molecular weight excluding hydrogens is 362 g/mol. The predicted molar refractivity (Wildman–Crippen MR) is 100 cm³/mol. The molecule has 2 aromatic carbocycles. The van der Waals surface area contributed by atoms with Crippen LogP contribution in [0.15, 0.2) is 47.8 Å². The number of hydrogen-bond acceptors (Lipinski definition) is 4. The number of benzene rings is 2. The maximum Gasteiger partial charge on any atom is 0.321 e. The number of urea groups is 1. The number of carbonyl (C=O) groups excluding carboxylic acids is 1. The van der Waals surface area contributed by atoms with Gasteiger partial charge in [0.1, 0.15) is 0 Å². The Morgan fingerprint density at radius 1 is 1.32 bits per heavy atom. The van der Waals surface area contributed by atoms with Crippen molar-refractivity contribution in [3.05, 3.63) is 68.5 Å². The molecule has 0 aliphatic heterocycles. The molecule has 6 nitrogen and oxygen atoms in total. The van der Waals surface area contributed by atoms with Crippen LogP contribution in [0.25, 0.3) is 10.1 Å². The largest absolute Gasteiger partial charge is 0.323 e. The molecule has 0 aliphatic rings. The number of hydrogen-bond donors (Lipinski definition) is 1. The molecule has 0 unspecified atom stereocenters. The number of fused-ring (bicyclic) bond motifs is 1. The topological polar surface area (TPSA) is 75.5 Å². The number of amides is 2. The molecular formula is C17H14ClN3O3S. The highest BCUT2D eigenvalue weighted by Crippen LogP contribution is 2.28. The molecule has 1 N–H and O–H groups in total. The average Bonchev–Trinajstić information content (AvgIpc) is 2.99.